The molecule has 2 rings (SSSR count). The van der Waals surface area contributed by atoms with Gasteiger partial charge >= 0.3 is 0 Å². The molecular formula is C19H32IN5O3. The third-order valence-corrected chi connectivity index (χ3v) is 4.48. The molecule has 1 saturated heterocycles. The third-order valence-electron chi connectivity index (χ3n) is 4.48. The Morgan fingerprint density at radius 2 is 1.79 bits per heavy atom. The fraction of sp³-hybridized carbons (Fsp3) is 0.632. The summed E-state index contributed by atoms with van der Waals surface area (Å²) in [6, 6.07) is 6.91. The van der Waals surface area contributed by atoms with Gasteiger partial charge in [0.2, 0.25) is 0 Å². The van der Waals surface area contributed by atoms with Crippen molar-refractivity contribution in [3.8, 4) is 0 Å². The van der Waals surface area contributed by atoms with E-state index < -0.39 is 4.92 Å². The standard InChI is InChI=1S/C19H31N5O3.HI/c1-15(2)12-20-19(21-13-16(3)23-8-10-27-11-9-23)22-14-17-4-6-18(7-5-17)24(25)26;/h4-7,15-16H,8-14H2,1-3H3,(H2,20,21,22);1H. The van der Waals surface area contributed by atoms with E-state index in [4.69, 9.17) is 4.74 Å². The maximum absolute atomic E-state index is 10.8. The van der Waals surface area contributed by atoms with E-state index >= 15 is 0 Å². The van der Waals surface area contributed by atoms with Crippen molar-refractivity contribution in [2.45, 2.75) is 33.4 Å². The number of ether oxygens (including phenoxy) is 1. The zero-order valence-electron chi connectivity index (χ0n) is 16.9. The van der Waals surface area contributed by atoms with Crippen LogP contribution in [0.15, 0.2) is 29.3 Å². The lowest BCUT2D eigenvalue weighted by molar-refractivity contribution is -0.384. The van der Waals surface area contributed by atoms with Crippen LogP contribution in [-0.4, -0.2) is 61.2 Å². The molecule has 0 radical (unpaired) electrons. The van der Waals surface area contributed by atoms with Crippen LogP contribution >= 0.6 is 24.0 Å². The number of nitrogens with zero attached hydrogens (tertiary/aromatic N) is 3. The van der Waals surface area contributed by atoms with Crippen LogP contribution in [0.3, 0.4) is 0 Å². The molecular weight excluding hydrogens is 473 g/mol. The molecule has 1 atom stereocenters. The van der Waals surface area contributed by atoms with Crippen molar-refractivity contribution in [1.29, 1.82) is 0 Å². The first-order chi connectivity index (χ1) is 13.0. The summed E-state index contributed by atoms with van der Waals surface area (Å²) in [5.41, 5.74) is 1.03. The molecule has 1 aromatic rings. The highest BCUT2D eigenvalue weighted by Gasteiger charge is 2.17. The number of nitrogens with one attached hydrogen (secondary N) is 2. The number of hydrogen-bond acceptors (Lipinski definition) is 5. The molecule has 28 heavy (non-hydrogen) atoms. The van der Waals surface area contributed by atoms with Crippen LogP contribution in [0.25, 0.3) is 0 Å². The third kappa shape index (κ3) is 8.70. The highest BCUT2D eigenvalue weighted by Crippen LogP contribution is 2.12. The van der Waals surface area contributed by atoms with Crippen LogP contribution in [0.5, 0.6) is 0 Å². The molecule has 9 heteroatoms. The molecule has 0 bridgehead atoms. The minimum absolute atomic E-state index is 0. The number of nitro groups is 1. The number of benzene rings is 1. The fourth-order valence-corrected chi connectivity index (χ4v) is 2.76. The monoisotopic (exact) mass is 505 g/mol. The van der Waals surface area contributed by atoms with Gasteiger partial charge in [-0.05, 0) is 18.4 Å². The second-order valence-electron chi connectivity index (χ2n) is 7.24. The molecule has 1 unspecified atom stereocenters. The van der Waals surface area contributed by atoms with Crippen molar-refractivity contribution >= 4 is 35.6 Å². The molecule has 0 aromatic heterocycles. The predicted molar refractivity (Wildman–Crippen MR) is 122 cm³/mol. The van der Waals surface area contributed by atoms with E-state index in [0.29, 0.717) is 18.5 Å². The average Bonchev–Trinajstić information content (AvgIpc) is 2.68. The summed E-state index contributed by atoms with van der Waals surface area (Å²) in [6.45, 7) is 12.1. The van der Waals surface area contributed by atoms with Gasteiger partial charge in [-0.3, -0.25) is 15.0 Å². The normalized spacial score (nSPS) is 16.4. The summed E-state index contributed by atoms with van der Waals surface area (Å²) < 4.78 is 5.41. The fourth-order valence-electron chi connectivity index (χ4n) is 2.76. The van der Waals surface area contributed by atoms with Gasteiger partial charge in [0.1, 0.15) is 0 Å². The quantitative estimate of drug-likeness (QED) is 0.186. The van der Waals surface area contributed by atoms with E-state index in [1.807, 2.05) is 0 Å². The Balaban J connectivity index is 0.00000392. The van der Waals surface area contributed by atoms with Crippen molar-refractivity contribution < 1.29 is 9.66 Å². The number of guanidine groups is 1. The second kappa shape index (κ2) is 12.9. The van der Waals surface area contributed by atoms with Gasteiger partial charge in [0.15, 0.2) is 5.96 Å². The highest BCUT2D eigenvalue weighted by atomic mass is 127. The van der Waals surface area contributed by atoms with Crippen molar-refractivity contribution in [1.82, 2.24) is 15.5 Å². The molecule has 158 valence electrons. The molecule has 1 heterocycles. The Bertz CT molecular complexity index is 619. The first-order valence-corrected chi connectivity index (χ1v) is 9.53. The molecule has 1 aromatic carbocycles. The van der Waals surface area contributed by atoms with Crippen molar-refractivity contribution in [2.24, 2.45) is 10.9 Å². The SMILES string of the molecule is CC(C)CNC(=NCc1ccc([N+](=O)[O-])cc1)NCC(C)N1CCOCC1.I. The number of nitro benzene ring substituents is 1. The van der Waals surface area contributed by atoms with E-state index in [9.17, 15) is 10.1 Å². The molecule has 0 amide bonds. The molecule has 1 fully saturated rings. The summed E-state index contributed by atoms with van der Waals surface area (Å²) in [5.74, 6) is 1.27. The molecule has 2 N–H and O–H groups in total. The van der Waals surface area contributed by atoms with Gasteiger partial charge in [-0.1, -0.05) is 26.0 Å². The molecule has 1 aliphatic heterocycles. The second-order valence-corrected chi connectivity index (χ2v) is 7.24. The molecule has 1 aliphatic rings. The Morgan fingerprint density at radius 3 is 2.36 bits per heavy atom. The van der Waals surface area contributed by atoms with E-state index in [0.717, 1.165) is 50.9 Å². The van der Waals surface area contributed by atoms with Crippen LogP contribution in [0, 0.1) is 16.0 Å². The van der Waals surface area contributed by atoms with Crippen molar-refractivity contribution in [3.63, 3.8) is 0 Å². The Morgan fingerprint density at radius 1 is 1.18 bits per heavy atom. The van der Waals surface area contributed by atoms with Crippen molar-refractivity contribution in [3.05, 3.63) is 39.9 Å². The molecule has 8 nitrogen and oxygen atoms in total. The Hall–Kier alpha value is -1.46. The maximum atomic E-state index is 10.8. The topological polar surface area (TPSA) is 92.0 Å². The summed E-state index contributed by atoms with van der Waals surface area (Å²) >= 11 is 0. The van der Waals surface area contributed by atoms with Crippen LogP contribution < -0.4 is 10.6 Å². The van der Waals surface area contributed by atoms with Gasteiger partial charge in [0, 0.05) is 44.4 Å². The lowest BCUT2D eigenvalue weighted by atomic mass is 10.2. The maximum Gasteiger partial charge on any atom is 0.269 e. The lowest BCUT2D eigenvalue weighted by Crippen LogP contribution is -2.49. The minimum atomic E-state index is -0.392. The first-order valence-electron chi connectivity index (χ1n) is 9.53. The average molecular weight is 505 g/mol. The zero-order chi connectivity index (χ0) is 19.6. The summed E-state index contributed by atoms with van der Waals surface area (Å²) in [6.07, 6.45) is 0. The van der Waals surface area contributed by atoms with Gasteiger partial charge in [-0.2, -0.15) is 0 Å². The number of aliphatic imine (C=N–C) groups is 1. The number of hydrogen-bond donors (Lipinski definition) is 2. The summed E-state index contributed by atoms with van der Waals surface area (Å²) in [4.78, 5) is 17.4. The number of morpholine rings is 1. The van der Waals surface area contributed by atoms with Crippen LogP contribution in [0.1, 0.15) is 26.3 Å². The number of rotatable bonds is 8. The Labute approximate surface area is 184 Å². The van der Waals surface area contributed by atoms with Gasteiger partial charge < -0.3 is 15.4 Å². The van der Waals surface area contributed by atoms with E-state index in [2.05, 4.69) is 41.3 Å². The predicted octanol–water partition coefficient (Wildman–Crippen LogP) is 2.62. The van der Waals surface area contributed by atoms with Crippen LogP contribution in [0.2, 0.25) is 0 Å². The molecule has 0 saturated carbocycles. The zero-order valence-corrected chi connectivity index (χ0v) is 19.2. The van der Waals surface area contributed by atoms with Gasteiger partial charge in [-0.25, -0.2) is 4.99 Å². The van der Waals surface area contributed by atoms with E-state index in [-0.39, 0.29) is 29.7 Å². The van der Waals surface area contributed by atoms with E-state index in [1.165, 1.54) is 12.1 Å². The molecule has 0 aliphatic carbocycles. The molecule has 0 spiro atoms. The van der Waals surface area contributed by atoms with E-state index in [1.54, 1.807) is 12.1 Å². The minimum Gasteiger partial charge on any atom is -0.379 e. The smallest absolute Gasteiger partial charge is 0.269 e. The number of halogens is 1. The Kier molecular flexibility index (Phi) is 11.3. The van der Waals surface area contributed by atoms with Gasteiger partial charge in [0.25, 0.3) is 5.69 Å². The van der Waals surface area contributed by atoms with Gasteiger partial charge in [-0.15, -0.1) is 24.0 Å². The van der Waals surface area contributed by atoms with Crippen LogP contribution in [0.4, 0.5) is 5.69 Å². The van der Waals surface area contributed by atoms with Crippen LogP contribution in [-0.2, 0) is 11.3 Å². The largest absolute Gasteiger partial charge is 0.379 e. The first kappa shape index (κ1) is 24.6. The highest BCUT2D eigenvalue weighted by molar-refractivity contribution is 14.0. The lowest BCUT2D eigenvalue weighted by Gasteiger charge is -2.32. The summed E-state index contributed by atoms with van der Waals surface area (Å²) in [5, 5.41) is 17.5. The van der Waals surface area contributed by atoms with Gasteiger partial charge in [0.05, 0.1) is 24.7 Å². The van der Waals surface area contributed by atoms with Crippen molar-refractivity contribution in [2.75, 3.05) is 39.4 Å². The number of non-ortho nitro benzene ring substituents is 1. The summed E-state index contributed by atoms with van der Waals surface area (Å²) in [7, 11) is 0.